The van der Waals surface area contributed by atoms with Crippen LogP contribution in [0.2, 0.25) is 0 Å². The average Bonchev–Trinajstić information content (AvgIpc) is 2.50. The molecule has 0 unspecified atom stereocenters. The number of carbonyl (C=O) groups excluding carboxylic acids is 1. The number of hydrogen-bond donors (Lipinski definition) is 1. The van der Waals surface area contributed by atoms with E-state index in [1.807, 2.05) is 17.9 Å². The van der Waals surface area contributed by atoms with Gasteiger partial charge in [-0.3, -0.25) is 4.79 Å². The van der Waals surface area contributed by atoms with Crippen LogP contribution >= 0.6 is 0 Å². The predicted octanol–water partition coefficient (Wildman–Crippen LogP) is 2.23. The topological polar surface area (TPSA) is 66.5 Å². The standard InChI is InChI=1S/C17H26N2O3S/c1-13-7-10-19(11-8-13)17(20)6-9-18-23(21,22)16-12-14(2)4-5-15(16)3/h4-5,12-13,18H,6-11H2,1-3H3. The molecule has 1 fully saturated rings. The second-order valence-electron chi connectivity index (χ2n) is 6.48. The van der Waals surface area contributed by atoms with Crippen LogP contribution in [-0.2, 0) is 14.8 Å². The zero-order valence-electron chi connectivity index (χ0n) is 14.1. The molecule has 1 aromatic carbocycles. The maximum Gasteiger partial charge on any atom is 0.240 e. The monoisotopic (exact) mass is 338 g/mol. The van der Waals surface area contributed by atoms with E-state index in [0.717, 1.165) is 31.5 Å². The van der Waals surface area contributed by atoms with Crippen LogP contribution in [0.3, 0.4) is 0 Å². The van der Waals surface area contributed by atoms with Gasteiger partial charge in [0.2, 0.25) is 15.9 Å². The Morgan fingerprint density at radius 2 is 1.91 bits per heavy atom. The molecule has 1 aromatic rings. The Morgan fingerprint density at radius 1 is 1.26 bits per heavy atom. The van der Waals surface area contributed by atoms with Crippen LogP contribution in [0.4, 0.5) is 0 Å². The van der Waals surface area contributed by atoms with Crippen LogP contribution in [0.5, 0.6) is 0 Å². The zero-order chi connectivity index (χ0) is 17.0. The molecule has 6 heteroatoms. The molecule has 0 aromatic heterocycles. The third kappa shape index (κ3) is 4.78. The third-order valence-corrected chi connectivity index (χ3v) is 6.00. The number of rotatable bonds is 5. The van der Waals surface area contributed by atoms with Gasteiger partial charge in [0.05, 0.1) is 4.90 Å². The lowest BCUT2D eigenvalue weighted by Gasteiger charge is -2.30. The number of likely N-dealkylation sites (tertiary alicyclic amines) is 1. The minimum atomic E-state index is -3.57. The van der Waals surface area contributed by atoms with Gasteiger partial charge in [-0.05, 0) is 49.8 Å². The minimum absolute atomic E-state index is 0.0283. The molecule has 1 heterocycles. The highest BCUT2D eigenvalue weighted by molar-refractivity contribution is 7.89. The summed E-state index contributed by atoms with van der Waals surface area (Å²) in [7, 11) is -3.57. The van der Waals surface area contributed by atoms with Crippen molar-refractivity contribution in [3.8, 4) is 0 Å². The van der Waals surface area contributed by atoms with Gasteiger partial charge in [0.25, 0.3) is 0 Å². The molecule has 0 aliphatic carbocycles. The summed E-state index contributed by atoms with van der Waals surface area (Å²) >= 11 is 0. The molecule has 1 amide bonds. The number of benzene rings is 1. The fraction of sp³-hybridized carbons (Fsp3) is 0.588. The first kappa shape index (κ1) is 17.9. The van der Waals surface area contributed by atoms with Gasteiger partial charge < -0.3 is 4.90 Å². The number of nitrogens with zero attached hydrogens (tertiary/aromatic N) is 1. The maximum absolute atomic E-state index is 12.4. The molecule has 1 aliphatic rings. The Morgan fingerprint density at radius 3 is 2.57 bits per heavy atom. The lowest BCUT2D eigenvalue weighted by atomic mass is 9.99. The second-order valence-corrected chi connectivity index (χ2v) is 8.22. The molecule has 0 radical (unpaired) electrons. The lowest BCUT2D eigenvalue weighted by Crippen LogP contribution is -2.39. The van der Waals surface area contributed by atoms with Crippen molar-refractivity contribution in [1.29, 1.82) is 0 Å². The summed E-state index contributed by atoms with van der Waals surface area (Å²) in [6.07, 6.45) is 2.26. The third-order valence-electron chi connectivity index (χ3n) is 4.40. The van der Waals surface area contributed by atoms with Gasteiger partial charge in [-0.2, -0.15) is 0 Å². The molecule has 0 bridgehead atoms. The van der Waals surface area contributed by atoms with Crippen molar-refractivity contribution < 1.29 is 13.2 Å². The second kappa shape index (κ2) is 7.45. The fourth-order valence-corrected chi connectivity index (χ4v) is 4.14. The number of nitrogens with one attached hydrogen (secondary N) is 1. The lowest BCUT2D eigenvalue weighted by molar-refractivity contribution is -0.132. The summed E-state index contributed by atoms with van der Waals surface area (Å²) < 4.78 is 27.3. The van der Waals surface area contributed by atoms with Crippen molar-refractivity contribution in [3.63, 3.8) is 0 Å². The molecular weight excluding hydrogens is 312 g/mol. The molecule has 0 atom stereocenters. The Labute approximate surface area is 139 Å². The highest BCUT2D eigenvalue weighted by atomic mass is 32.2. The number of aryl methyl sites for hydroxylation is 2. The molecule has 0 spiro atoms. The SMILES string of the molecule is Cc1ccc(C)c(S(=O)(=O)NCCC(=O)N2CCC(C)CC2)c1. The summed E-state index contributed by atoms with van der Waals surface area (Å²) in [6, 6.07) is 5.34. The number of carbonyl (C=O) groups is 1. The summed E-state index contributed by atoms with van der Waals surface area (Å²) in [5, 5.41) is 0. The van der Waals surface area contributed by atoms with Crippen LogP contribution in [0.25, 0.3) is 0 Å². The van der Waals surface area contributed by atoms with Crippen molar-refractivity contribution >= 4 is 15.9 Å². The van der Waals surface area contributed by atoms with Gasteiger partial charge in [0.15, 0.2) is 0 Å². The van der Waals surface area contributed by atoms with E-state index in [-0.39, 0.29) is 23.8 Å². The first-order chi connectivity index (χ1) is 10.8. The first-order valence-electron chi connectivity index (χ1n) is 8.14. The maximum atomic E-state index is 12.4. The van der Waals surface area contributed by atoms with Gasteiger partial charge in [0, 0.05) is 26.1 Å². The fourth-order valence-electron chi connectivity index (χ4n) is 2.78. The van der Waals surface area contributed by atoms with Crippen molar-refractivity contribution in [3.05, 3.63) is 29.3 Å². The molecule has 128 valence electrons. The van der Waals surface area contributed by atoms with Crippen LogP contribution in [0, 0.1) is 19.8 Å². The number of piperidine rings is 1. The van der Waals surface area contributed by atoms with Gasteiger partial charge >= 0.3 is 0 Å². The van der Waals surface area contributed by atoms with E-state index < -0.39 is 10.0 Å². The first-order valence-corrected chi connectivity index (χ1v) is 9.62. The smallest absolute Gasteiger partial charge is 0.240 e. The van der Waals surface area contributed by atoms with Crippen LogP contribution in [-0.4, -0.2) is 38.9 Å². The van der Waals surface area contributed by atoms with Crippen LogP contribution in [0.15, 0.2) is 23.1 Å². The predicted molar refractivity (Wildman–Crippen MR) is 90.7 cm³/mol. The van der Waals surface area contributed by atoms with E-state index in [9.17, 15) is 13.2 Å². The highest BCUT2D eigenvalue weighted by Crippen LogP contribution is 2.18. The van der Waals surface area contributed by atoms with Crippen molar-refractivity contribution in [2.75, 3.05) is 19.6 Å². The quantitative estimate of drug-likeness (QED) is 0.895. The molecular formula is C17H26N2O3S. The average molecular weight is 338 g/mol. The van der Waals surface area contributed by atoms with E-state index in [1.165, 1.54) is 0 Å². The summed E-state index contributed by atoms with van der Waals surface area (Å²) in [5.74, 6) is 0.697. The zero-order valence-corrected chi connectivity index (χ0v) is 14.9. The Hall–Kier alpha value is -1.40. The van der Waals surface area contributed by atoms with E-state index >= 15 is 0 Å². The largest absolute Gasteiger partial charge is 0.343 e. The van der Waals surface area contributed by atoms with E-state index in [1.54, 1.807) is 19.1 Å². The molecule has 1 N–H and O–H groups in total. The van der Waals surface area contributed by atoms with Gasteiger partial charge in [0.1, 0.15) is 0 Å². The van der Waals surface area contributed by atoms with Gasteiger partial charge in [-0.25, -0.2) is 13.1 Å². The van der Waals surface area contributed by atoms with Crippen molar-refractivity contribution in [1.82, 2.24) is 9.62 Å². The van der Waals surface area contributed by atoms with Gasteiger partial charge in [-0.15, -0.1) is 0 Å². The molecule has 1 saturated heterocycles. The van der Waals surface area contributed by atoms with E-state index in [2.05, 4.69) is 11.6 Å². The number of hydrogen-bond acceptors (Lipinski definition) is 3. The molecule has 0 saturated carbocycles. The summed E-state index contributed by atoms with van der Waals surface area (Å²) in [5.41, 5.74) is 1.61. The summed E-state index contributed by atoms with van der Waals surface area (Å²) in [4.78, 5) is 14.3. The van der Waals surface area contributed by atoms with Crippen molar-refractivity contribution in [2.45, 2.75) is 44.9 Å². The van der Waals surface area contributed by atoms with E-state index in [4.69, 9.17) is 0 Å². The van der Waals surface area contributed by atoms with E-state index in [0.29, 0.717) is 11.5 Å². The minimum Gasteiger partial charge on any atom is -0.343 e. The normalized spacial score (nSPS) is 16.6. The van der Waals surface area contributed by atoms with Crippen LogP contribution in [0.1, 0.15) is 37.3 Å². The number of sulfonamides is 1. The molecule has 1 aliphatic heterocycles. The van der Waals surface area contributed by atoms with Crippen LogP contribution < -0.4 is 4.72 Å². The Balaban J connectivity index is 1.90. The van der Waals surface area contributed by atoms with Crippen molar-refractivity contribution in [2.24, 2.45) is 5.92 Å². The summed E-state index contributed by atoms with van der Waals surface area (Å²) in [6.45, 7) is 7.53. The Kier molecular flexibility index (Phi) is 5.81. The molecule has 23 heavy (non-hydrogen) atoms. The Bertz CT molecular complexity index is 662. The molecule has 5 nitrogen and oxygen atoms in total. The van der Waals surface area contributed by atoms with Gasteiger partial charge in [-0.1, -0.05) is 19.1 Å². The highest BCUT2D eigenvalue weighted by Gasteiger charge is 2.21. The molecule has 2 rings (SSSR count). The number of amides is 1.